The van der Waals surface area contributed by atoms with Crippen LogP contribution >= 0.6 is 12.6 Å². The molecule has 0 atom stereocenters. The molecule has 0 fully saturated rings. The Morgan fingerprint density at radius 1 is 1.25 bits per heavy atom. The second kappa shape index (κ2) is 2.79. The van der Waals surface area contributed by atoms with Crippen LogP contribution in [0.25, 0.3) is 10.9 Å². The van der Waals surface area contributed by atoms with Gasteiger partial charge in [-0.25, -0.2) is 0 Å². The second-order valence-electron chi connectivity index (χ2n) is 2.80. The maximum absolute atomic E-state index is 4.36. The highest BCUT2D eigenvalue weighted by molar-refractivity contribution is 7.80. The zero-order chi connectivity index (χ0) is 8.55. The fraction of sp³-hybridized carbons (Fsp3) is 0.100. The highest BCUT2D eigenvalue weighted by Crippen LogP contribution is 2.22. The standard InChI is InChI=1S/C10H9NS/c1-7-4-5-9(12)8-3-2-6-11-10(7)8/h2-6,12H,1H3. The summed E-state index contributed by atoms with van der Waals surface area (Å²) in [6, 6.07) is 8.01. The number of benzene rings is 1. The van der Waals surface area contributed by atoms with Crippen molar-refractivity contribution in [1.82, 2.24) is 4.98 Å². The molecule has 0 spiro atoms. The SMILES string of the molecule is Cc1ccc(S)c2cccnc12. The number of nitrogens with zero attached hydrogens (tertiary/aromatic N) is 1. The largest absolute Gasteiger partial charge is 0.256 e. The van der Waals surface area contributed by atoms with Crippen LogP contribution < -0.4 is 0 Å². The summed E-state index contributed by atoms with van der Waals surface area (Å²) in [5.41, 5.74) is 2.24. The number of pyridine rings is 1. The van der Waals surface area contributed by atoms with Crippen LogP contribution in [-0.4, -0.2) is 4.98 Å². The van der Waals surface area contributed by atoms with Crippen molar-refractivity contribution in [2.45, 2.75) is 11.8 Å². The number of aromatic nitrogens is 1. The average Bonchev–Trinajstić information content (AvgIpc) is 2.12. The fourth-order valence-electron chi connectivity index (χ4n) is 1.30. The molecule has 0 aliphatic rings. The molecule has 0 amide bonds. The quantitative estimate of drug-likeness (QED) is 0.607. The van der Waals surface area contributed by atoms with Crippen molar-refractivity contribution in [2.24, 2.45) is 0 Å². The fourth-order valence-corrected chi connectivity index (χ4v) is 1.55. The average molecular weight is 175 g/mol. The van der Waals surface area contributed by atoms with Gasteiger partial charge in [0.05, 0.1) is 5.52 Å². The minimum atomic E-state index is 0.990. The van der Waals surface area contributed by atoms with Gasteiger partial charge in [0.15, 0.2) is 0 Å². The van der Waals surface area contributed by atoms with E-state index in [1.165, 1.54) is 5.56 Å². The zero-order valence-corrected chi connectivity index (χ0v) is 7.68. The van der Waals surface area contributed by atoms with Gasteiger partial charge in [0.25, 0.3) is 0 Å². The molecule has 0 bridgehead atoms. The van der Waals surface area contributed by atoms with Gasteiger partial charge in [-0.1, -0.05) is 12.1 Å². The monoisotopic (exact) mass is 175 g/mol. The first kappa shape index (κ1) is 7.62. The van der Waals surface area contributed by atoms with Crippen LogP contribution in [0.2, 0.25) is 0 Å². The third kappa shape index (κ3) is 1.08. The predicted octanol–water partition coefficient (Wildman–Crippen LogP) is 2.83. The van der Waals surface area contributed by atoms with Crippen molar-refractivity contribution in [3.8, 4) is 0 Å². The molecule has 1 aromatic heterocycles. The third-order valence-electron chi connectivity index (χ3n) is 1.95. The highest BCUT2D eigenvalue weighted by Gasteiger charge is 1.99. The molecule has 1 heterocycles. The number of hydrogen-bond acceptors (Lipinski definition) is 2. The molecule has 1 aromatic carbocycles. The van der Waals surface area contributed by atoms with Gasteiger partial charge in [-0.2, -0.15) is 0 Å². The molecule has 60 valence electrons. The molecule has 0 saturated carbocycles. The van der Waals surface area contributed by atoms with Gasteiger partial charge in [-0.15, -0.1) is 12.6 Å². The lowest BCUT2D eigenvalue weighted by atomic mass is 10.1. The number of rotatable bonds is 0. The van der Waals surface area contributed by atoms with E-state index in [1.54, 1.807) is 0 Å². The third-order valence-corrected chi connectivity index (χ3v) is 2.34. The Balaban J connectivity index is 2.95. The van der Waals surface area contributed by atoms with Gasteiger partial charge in [-0.05, 0) is 24.6 Å². The predicted molar refractivity (Wildman–Crippen MR) is 53.7 cm³/mol. The van der Waals surface area contributed by atoms with Crippen LogP contribution in [0.4, 0.5) is 0 Å². The highest BCUT2D eigenvalue weighted by atomic mass is 32.1. The van der Waals surface area contributed by atoms with E-state index in [0.29, 0.717) is 0 Å². The maximum atomic E-state index is 4.36. The summed E-state index contributed by atoms with van der Waals surface area (Å²) in [5.74, 6) is 0. The number of thiol groups is 1. The molecular weight excluding hydrogens is 166 g/mol. The topological polar surface area (TPSA) is 12.9 Å². The molecular formula is C10H9NS. The molecule has 0 aliphatic carbocycles. The van der Waals surface area contributed by atoms with E-state index >= 15 is 0 Å². The van der Waals surface area contributed by atoms with Crippen molar-refractivity contribution in [2.75, 3.05) is 0 Å². The molecule has 0 radical (unpaired) electrons. The molecule has 12 heavy (non-hydrogen) atoms. The van der Waals surface area contributed by atoms with E-state index < -0.39 is 0 Å². The molecule has 0 aliphatic heterocycles. The van der Waals surface area contributed by atoms with E-state index in [9.17, 15) is 0 Å². The summed E-state index contributed by atoms with van der Waals surface area (Å²) in [6.45, 7) is 2.06. The Morgan fingerprint density at radius 3 is 2.83 bits per heavy atom. The molecule has 2 rings (SSSR count). The van der Waals surface area contributed by atoms with Gasteiger partial charge in [-0.3, -0.25) is 4.98 Å². The molecule has 0 saturated heterocycles. The van der Waals surface area contributed by atoms with Gasteiger partial charge >= 0.3 is 0 Å². The van der Waals surface area contributed by atoms with E-state index in [1.807, 2.05) is 30.5 Å². The van der Waals surface area contributed by atoms with E-state index in [2.05, 4.69) is 24.5 Å². The van der Waals surface area contributed by atoms with Crippen molar-refractivity contribution < 1.29 is 0 Å². The maximum Gasteiger partial charge on any atom is 0.0742 e. The lowest BCUT2D eigenvalue weighted by Crippen LogP contribution is -1.82. The number of hydrogen-bond donors (Lipinski definition) is 1. The lowest BCUT2D eigenvalue weighted by Gasteiger charge is -2.02. The van der Waals surface area contributed by atoms with E-state index in [0.717, 1.165) is 15.8 Å². The Hall–Kier alpha value is -1.02. The Morgan fingerprint density at radius 2 is 2.08 bits per heavy atom. The minimum absolute atomic E-state index is 0.990. The molecule has 0 N–H and O–H groups in total. The molecule has 1 nitrogen and oxygen atoms in total. The van der Waals surface area contributed by atoms with Gasteiger partial charge in [0.1, 0.15) is 0 Å². The second-order valence-corrected chi connectivity index (χ2v) is 3.28. The Bertz CT molecular complexity index is 383. The Kier molecular flexibility index (Phi) is 1.77. The van der Waals surface area contributed by atoms with Crippen molar-refractivity contribution in [3.63, 3.8) is 0 Å². The van der Waals surface area contributed by atoms with Crippen molar-refractivity contribution in [1.29, 1.82) is 0 Å². The van der Waals surface area contributed by atoms with E-state index in [4.69, 9.17) is 0 Å². The van der Waals surface area contributed by atoms with Gasteiger partial charge in [0, 0.05) is 16.5 Å². The van der Waals surface area contributed by atoms with Crippen LogP contribution in [0.3, 0.4) is 0 Å². The minimum Gasteiger partial charge on any atom is -0.256 e. The van der Waals surface area contributed by atoms with Gasteiger partial charge < -0.3 is 0 Å². The molecule has 2 aromatic rings. The number of aryl methyl sites for hydroxylation is 1. The van der Waals surface area contributed by atoms with Crippen LogP contribution in [0.1, 0.15) is 5.56 Å². The summed E-state index contributed by atoms with van der Waals surface area (Å²) < 4.78 is 0. The number of fused-ring (bicyclic) bond motifs is 1. The summed E-state index contributed by atoms with van der Waals surface area (Å²) in [6.07, 6.45) is 1.81. The first-order valence-corrected chi connectivity index (χ1v) is 4.27. The van der Waals surface area contributed by atoms with Crippen molar-refractivity contribution >= 4 is 23.5 Å². The first-order valence-electron chi connectivity index (χ1n) is 3.82. The van der Waals surface area contributed by atoms with Crippen LogP contribution in [0.5, 0.6) is 0 Å². The lowest BCUT2D eigenvalue weighted by molar-refractivity contribution is 1.34. The molecule has 0 unspecified atom stereocenters. The smallest absolute Gasteiger partial charge is 0.0742 e. The van der Waals surface area contributed by atoms with Crippen LogP contribution in [0.15, 0.2) is 35.4 Å². The normalized spacial score (nSPS) is 10.5. The molecule has 2 heteroatoms. The first-order chi connectivity index (χ1) is 5.79. The summed E-state index contributed by atoms with van der Waals surface area (Å²) in [4.78, 5) is 5.28. The zero-order valence-electron chi connectivity index (χ0n) is 6.78. The van der Waals surface area contributed by atoms with Crippen LogP contribution in [-0.2, 0) is 0 Å². The van der Waals surface area contributed by atoms with E-state index in [-0.39, 0.29) is 0 Å². The summed E-state index contributed by atoms with van der Waals surface area (Å²) in [5, 5.41) is 1.13. The summed E-state index contributed by atoms with van der Waals surface area (Å²) >= 11 is 4.36. The van der Waals surface area contributed by atoms with Gasteiger partial charge in [0.2, 0.25) is 0 Å². The van der Waals surface area contributed by atoms with Crippen LogP contribution in [0, 0.1) is 6.92 Å². The Labute approximate surface area is 76.9 Å². The van der Waals surface area contributed by atoms with Crippen molar-refractivity contribution in [3.05, 3.63) is 36.0 Å². The summed E-state index contributed by atoms with van der Waals surface area (Å²) in [7, 11) is 0.